The lowest BCUT2D eigenvalue weighted by molar-refractivity contribution is -0.142. The zero-order chi connectivity index (χ0) is 25.9. The largest absolute Gasteiger partial charge is 0.493 e. The standard InChI is InChI=1S/C27H20ClN3O6/c1-34-22-13-18(28)11-17(25(22)36-15-24(32)35-2)14-29-31-26(23-12-16-7-3-6-10-21(16)37-23)30-20-9-5-4-8-19(20)27(31)33/h3-14H,15H2,1-2H3. The van der Waals surface area contributed by atoms with Crippen LogP contribution in [0.3, 0.4) is 0 Å². The first-order chi connectivity index (χ1) is 18.0. The van der Waals surface area contributed by atoms with Crippen molar-refractivity contribution in [2.24, 2.45) is 5.10 Å². The summed E-state index contributed by atoms with van der Waals surface area (Å²) in [7, 11) is 2.70. The number of rotatable bonds is 7. The van der Waals surface area contributed by atoms with E-state index in [-0.39, 0.29) is 23.9 Å². The van der Waals surface area contributed by atoms with Crippen molar-refractivity contribution >= 4 is 45.7 Å². The molecule has 0 amide bonds. The molecule has 3 aromatic carbocycles. The summed E-state index contributed by atoms with van der Waals surface area (Å²) < 4.78 is 22.8. The van der Waals surface area contributed by atoms with Gasteiger partial charge in [-0.3, -0.25) is 4.79 Å². The van der Waals surface area contributed by atoms with Gasteiger partial charge in [0, 0.05) is 22.0 Å². The van der Waals surface area contributed by atoms with Crippen molar-refractivity contribution in [2.45, 2.75) is 0 Å². The number of halogens is 1. The first kappa shape index (κ1) is 24.1. The summed E-state index contributed by atoms with van der Waals surface area (Å²) in [6, 6.07) is 19.4. The van der Waals surface area contributed by atoms with Gasteiger partial charge in [0.2, 0.25) is 5.82 Å². The smallest absolute Gasteiger partial charge is 0.343 e. The van der Waals surface area contributed by atoms with Crippen LogP contribution in [0.4, 0.5) is 0 Å². The summed E-state index contributed by atoms with van der Waals surface area (Å²) in [4.78, 5) is 29.9. The number of hydrogen-bond donors (Lipinski definition) is 0. The van der Waals surface area contributed by atoms with E-state index in [0.717, 1.165) is 10.1 Å². The summed E-state index contributed by atoms with van der Waals surface area (Å²) in [5.74, 6) is 0.476. The monoisotopic (exact) mass is 517 g/mol. The van der Waals surface area contributed by atoms with E-state index in [1.807, 2.05) is 24.3 Å². The molecule has 0 unspecified atom stereocenters. The van der Waals surface area contributed by atoms with Gasteiger partial charge in [0.15, 0.2) is 23.9 Å². The number of furan rings is 1. The van der Waals surface area contributed by atoms with Crippen LogP contribution >= 0.6 is 11.6 Å². The highest BCUT2D eigenvalue weighted by Gasteiger charge is 2.18. The molecule has 0 aliphatic rings. The maximum Gasteiger partial charge on any atom is 0.343 e. The van der Waals surface area contributed by atoms with Gasteiger partial charge < -0.3 is 18.6 Å². The third-order valence-electron chi connectivity index (χ3n) is 5.54. The van der Waals surface area contributed by atoms with Gasteiger partial charge in [0.25, 0.3) is 5.56 Å². The molecule has 0 aliphatic heterocycles. The Hall–Kier alpha value is -4.63. The van der Waals surface area contributed by atoms with E-state index in [9.17, 15) is 9.59 Å². The predicted molar refractivity (Wildman–Crippen MR) is 140 cm³/mol. The summed E-state index contributed by atoms with van der Waals surface area (Å²) >= 11 is 6.27. The molecule has 5 aromatic rings. The Morgan fingerprint density at radius 3 is 2.68 bits per heavy atom. The Morgan fingerprint density at radius 2 is 1.89 bits per heavy atom. The zero-order valence-corrected chi connectivity index (χ0v) is 20.6. The third-order valence-corrected chi connectivity index (χ3v) is 5.76. The number of benzene rings is 3. The summed E-state index contributed by atoms with van der Waals surface area (Å²) in [6.07, 6.45) is 1.38. The van der Waals surface area contributed by atoms with Crippen molar-refractivity contribution in [3.05, 3.63) is 87.7 Å². The number of carbonyl (C=O) groups excluding carboxylic acids is 1. The normalized spacial score (nSPS) is 11.3. The molecule has 0 spiro atoms. The Balaban J connectivity index is 1.68. The molecule has 0 N–H and O–H groups in total. The van der Waals surface area contributed by atoms with E-state index in [4.69, 9.17) is 25.5 Å². The van der Waals surface area contributed by atoms with Crippen molar-refractivity contribution < 1.29 is 23.4 Å². The minimum absolute atomic E-state index is 0.202. The van der Waals surface area contributed by atoms with Gasteiger partial charge >= 0.3 is 5.97 Å². The maximum atomic E-state index is 13.5. The van der Waals surface area contributed by atoms with Crippen LogP contribution in [0, 0.1) is 0 Å². The van der Waals surface area contributed by atoms with Gasteiger partial charge in [0.05, 0.1) is 31.3 Å². The molecule has 2 aromatic heterocycles. The summed E-state index contributed by atoms with van der Waals surface area (Å²) in [5.41, 5.74) is 1.11. The predicted octanol–water partition coefficient (Wildman–Crippen LogP) is 4.91. The topological polar surface area (TPSA) is 105 Å². The number of ether oxygens (including phenoxy) is 3. The first-order valence-corrected chi connectivity index (χ1v) is 11.5. The van der Waals surface area contributed by atoms with E-state index in [1.54, 1.807) is 36.4 Å². The molecule has 0 atom stereocenters. The van der Waals surface area contributed by atoms with Crippen molar-refractivity contribution in [1.29, 1.82) is 0 Å². The molecular weight excluding hydrogens is 498 g/mol. The highest BCUT2D eigenvalue weighted by Crippen LogP contribution is 2.34. The second kappa shape index (κ2) is 10.2. The van der Waals surface area contributed by atoms with Crippen LogP contribution in [0.25, 0.3) is 33.5 Å². The molecule has 0 saturated heterocycles. The lowest BCUT2D eigenvalue weighted by atomic mass is 10.2. The number of carbonyl (C=O) groups is 1. The average molecular weight is 518 g/mol. The van der Waals surface area contributed by atoms with Crippen molar-refractivity contribution in [3.8, 4) is 23.1 Å². The Labute approximate surface area is 215 Å². The van der Waals surface area contributed by atoms with E-state index >= 15 is 0 Å². The lowest BCUT2D eigenvalue weighted by Gasteiger charge is -2.13. The number of fused-ring (bicyclic) bond motifs is 2. The third kappa shape index (κ3) is 4.76. The molecule has 10 heteroatoms. The van der Waals surface area contributed by atoms with E-state index in [0.29, 0.717) is 32.8 Å². The van der Waals surface area contributed by atoms with Crippen LogP contribution in [0.2, 0.25) is 5.02 Å². The zero-order valence-electron chi connectivity index (χ0n) is 19.8. The van der Waals surface area contributed by atoms with Crippen LogP contribution in [0.15, 0.2) is 81.0 Å². The number of hydrogen-bond acceptors (Lipinski definition) is 8. The summed E-state index contributed by atoms with van der Waals surface area (Å²) in [6.45, 7) is -0.364. The average Bonchev–Trinajstić information content (AvgIpc) is 3.35. The number of nitrogens with zero attached hydrogens (tertiary/aromatic N) is 3. The minimum Gasteiger partial charge on any atom is -0.493 e. The van der Waals surface area contributed by atoms with Crippen LogP contribution in [-0.2, 0) is 9.53 Å². The molecule has 2 heterocycles. The fraction of sp³-hybridized carbons (Fsp3) is 0.111. The van der Waals surface area contributed by atoms with Crippen molar-refractivity contribution in [3.63, 3.8) is 0 Å². The van der Waals surface area contributed by atoms with Gasteiger partial charge in [-0.15, -0.1) is 0 Å². The second-order valence-corrected chi connectivity index (χ2v) is 8.29. The lowest BCUT2D eigenvalue weighted by Crippen LogP contribution is -2.20. The molecule has 0 radical (unpaired) electrons. The fourth-order valence-electron chi connectivity index (χ4n) is 3.78. The molecule has 0 bridgehead atoms. The van der Waals surface area contributed by atoms with E-state index in [1.165, 1.54) is 26.5 Å². The molecule has 0 aliphatic carbocycles. The number of methoxy groups -OCH3 is 2. The van der Waals surface area contributed by atoms with Crippen LogP contribution in [-0.4, -0.2) is 42.7 Å². The first-order valence-electron chi connectivity index (χ1n) is 11.1. The second-order valence-electron chi connectivity index (χ2n) is 7.85. The molecule has 37 heavy (non-hydrogen) atoms. The molecule has 0 fully saturated rings. The molecule has 9 nitrogen and oxygen atoms in total. The Morgan fingerprint density at radius 1 is 1.11 bits per heavy atom. The van der Waals surface area contributed by atoms with Crippen LogP contribution in [0.1, 0.15) is 5.56 Å². The molecule has 0 saturated carbocycles. The number of para-hydroxylation sites is 2. The summed E-state index contributed by atoms with van der Waals surface area (Å²) in [5, 5.41) is 6.02. The highest BCUT2D eigenvalue weighted by atomic mass is 35.5. The minimum atomic E-state index is -0.581. The maximum absolute atomic E-state index is 13.5. The van der Waals surface area contributed by atoms with Gasteiger partial charge in [-0.2, -0.15) is 9.78 Å². The number of esters is 1. The van der Waals surface area contributed by atoms with E-state index < -0.39 is 11.5 Å². The Bertz CT molecular complexity index is 1690. The van der Waals surface area contributed by atoms with Crippen LogP contribution in [0.5, 0.6) is 11.5 Å². The molecular formula is C27H20ClN3O6. The molecule has 186 valence electrons. The van der Waals surface area contributed by atoms with Crippen LogP contribution < -0.4 is 15.0 Å². The van der Waals surface area contributed by atoms with Gasteiger partial charge in [-0.1, -0.05) is 41.9 Å². The van der Waals surface area contributed by atoms with Gasteiger partial charge in [0.1, 0.15) is 5.58 Å². The number of aromatic nitrogens is 2. The molecule has 5 rings (SSSR count). The SMILES string of the molecule is COC(=O)COc1c(C=Nn2c(-c3cc4ccccc4o3)nc3ccccc3c2=O)cc(Cl)cc1OC. The van der Waals surface area contributed by atoms with Crippen molar-refractivity contribution in [1.82, 2.24) is 9.66 Å². The Kier molecular flexibility index (Phi) is 6.61. The fourth-order valence-corrected chi connectivity index (χ4v) is 4.00. The van der Waals surface area contributed by atoms with Gasteiger partial charge in [-0.25, -0.2) is 9.78 Å². The van der Waals surface area contributed by atoms with E-state index in [2.05, 4.69) is 14.8 Å². The highest BCUT2D eigenvalue weighted by molar-refractivity contribution is 6.31. The van der Waals surface area contributed by atoms with Gasteiger partial charge in [-0.05, 0) is 30.3 Å². The quantitative estimate of drug-likeness (QED) is 0.223. The van der Waals surface area contributed by atoms with Crippen molar-refractivity contribution in [2.75, 3.05) is 20.8 Å².